The van der Waals surface area contributed by atoms with Crippen molar-refractivity contribution in [3.05, 3.63) is 47.0 Å². The molecule has 0 amide bonds. The molecule has 0 saturated heterocycles. The minimum Gasteiger partial charge on any atom is -0.393 e. The standard InChI is InChI=1S/C35H56O2/c1-26-18-22-31-30(21-23-32-34(2,3)33(37)24-25-35(31,32)4)29(26)20-19-28(36)17-13-8-6-5-7-10-14-27-15-11-9-12-16-27/h9,11-12,15-16,28,30-33,36-37H,5-8,10,13-14,17-25H2,1-4H3/t28?,30-,31-,32-,33-,35+/m0/s1. The highest BCUT2D eigenvalue weighted by molar-refractivity contribution is 5.24. The lowest BCUT2D eigenvalue weighted by Crippen LogP contribution is -2.56. The fourth-order valence-electron chi connectivity index (χ4n) is 8.95. The minimum absolute atomic E-state index is 0.0342. The van der Waals surface area contributed by atoms with Crippen LogP contribution in [0.5, 0.6) is 0 Å². The fraction of sp³-hybridized carbons (Fsp3) is 0.771. The van der Waals surface area contributed by atoms with Crippen molar-refractivity contribution in [3.8, 4) is 0 Å². The highest BCUT2D eigenvalue weighted by Crippen LogP contribution is 2.64. The largest absolute Gasteiger partial charge is 0.393 e. The first-order chi connectivity index (χ1) is 17.7. The number of allylic oxidation sites excluding steroid dienone is 2. The Morgan fingerprint density at radius 3 is 2.30 bits per heavy atom. The molecule has 2 fully saturated rings. The number of unbranched alkanes of at least 4 members (excludes halogenated alkanes) is 5. The van der Waals surface area contributed by atoms with E-state index in [0.29, 0.717) is 17.3 Å². The van der Waals surface area contributed by atoms with Gasteiger partial charge in [-0.3, -0.25) is 0 Å². The van der Waals surface area contributed by atoms with Crippen molar-refractivity contribution < 1.29 is 10.2 Å². The SMILES string of the molecule is CC1=C(CCC(O)CCCCCCCCc2ccccc2)[C@@H]2CC[C@H]3C(C)(C)[C@@H](O)CC[C@]3(C)[C@H]2CC1. The maximum Gasteiger partial charge on any atom is 0.0594 e. The zero-order valence-corrected chi connectivity index (χ0v) is 24.5. The van der Waals surface area contributed by atoms with E-state index in [1.165, 1.54) is 82.6 Å². The molecule has 0 radical (unpaired) electrons. The molecule has 0 spiro atoms. The number of hydrogen-bond donors (Lipinski definition) is 2. The molecule has 3 aliphatic rings. The van der Waals surface area contributed by atoms with Crippen LogP contribution in [-0.4, -0.2) is 22.4 Å². The van der Waals surface area contributed by atoms with E-state index in [1.54, 1.807) is 11.1 Å². The first-order valence-corrected chi connectivity index (χ1v) is 15.8. The van der Waals surface area contributed by atoms with Crippen LogP contribution in [0.15, 0.2) is 41.5 Å². The summed E-state index contributed by atoms with van der Waals surface area (Å²) < 4.78 is 0. The van der Waals surface area contributed by atoms with E-state index in [-0.39, 0.29) is 17.6 Å². The fourth-order valence-corrected chi connectivity index (χ4v) is 8.95. The number of hydrogen-bond acceptors (Lipinski definition) is 2. The molecule has 4 rings (SSSR count). The minimum atomic E-state index is -0.146. The summed E-state index contributed by atoms with van der Waals surface area (Å²) in [6.07, 6.45) is 18.9. The highest BCUT2D eigenvalue weighted by atomic mass is 16.3. The van der Waals surface area contributed by atoms with Gasteiger partial charge in [0.25, 0.3) is 0 Å². The number of aliphatic hydroxyl groups excluding tert-OH is 2. The van der Waals surface area contributed by atoms with Crippen molar-refractivity contribution in [3.63, 3.8) is 0 Å². The van der Waals surface area contributed by atoms with Gasteiger partial charge in [-0.15, -0.1) is 0 Å². The van der Waals surface area contributed by atoms with Crippen LogP contribution in [-0.2, 0) is 6.42 Å². The summed E-state index contributed by atoms with van der Waals surface area (Å²) in [6.45, 7) is 9.59. The summed E-state index contributed by atoms with van der Waals surface area (Å²) in [5, 5.41) is 21.6. The maximum atomic E-state index is 10.8. The molecule has 2 heteroatoms. The molecule has 208 valence electrons. The van der Waals surface area contributed by atoms with Crippen LogP contribution < -0.4 is 0 Å². The lowest BCUT2D eigenvalue weighted by molar-refractivity contribution is -0.149. The molecule has 0 heterocycles. The molecule has 2 N–H and O–H groups in total. The Morgan fingerprint density at radius 1 is 0.838 bits per heavy atom. The quantitative estimate of drug-likeness (QED) is 0.218. The normalized spacial score (nSPS) is 32.1. The maximum absolute atomic E-state index is 10.8. The van der Waals surface area contributed by atoms with Crippen molar-refractivity contribution >= 4 is 0 Å². The average molecular weight is 509 g/mol. The topological polar surface area (TPSA) is 40.5 Å². The van der Waals surface area contributed by atoms with Gasteiger partial charge in [-0.1, -0.05) is 94.4 Å². The smallest absolute Gasteiger partial charge is 0.0594 e. The van der Waals surface area contributed by atoms with E-state index in [9.17, 15) is 10.2 Å². The number of rotatable bonds is 12. The van der Waals surface area contributed by atoms with Gasteiger partial charge in [0.1, 0.15) is 0 Å². The highest BCUT2D eigenvalue weighted by Gasteiger charge is 2.58. The first kappa shape index (κ1) is 28.9. The van der Waals surface area contributed by atoms with Crippen molar-refractivity contribution in [1.29, 1.82) is 0 Å². The third-order valence-electron chi connectivity index (χ3n) is 11.3. The lowest BCUT2D eigenvalue weighted by atomic mass is 9.43. The molecule has 0 aliphatic heterocycles. The molecule has 1 unspecified atom stereocenters. The van der Waals surface area contributed by atoms with Crippen molar-refractivity contribution in [2.45, 2.75) is 143 Å². The summed E-state index contributed by atoms with van der Waals surface area (Å²) in [5.41, 5.74) is 5.19. The van der Waals surface area contributed by atoms with E-state index < -0.39 is 0 Å². The molecular weight excluding hydrogens is 452 g/mol. The molecular formula is C35H56O2. The second-order valence-electron chi connectivity index (χ2n) is 13.9. The van der Waals surface area contributed by atoms with Crippen LogP contribution in [0.3, 0.4) is 0 Å². The molecule has 1 aromatic carbocycles. The van der Waals surface area contributed by atoms with E-state index in [2.05, 4.69) is 58.0 Å². The van der Waals surface area contributed by atoms with Gasteiger partial charge in [-0.05, 0) is 112 Å². The lowest BCUT2D eigenvalue weighted by Gasteiger charge is -2.62. The van der Waals surface area contributed by atoms with Crippen LogP contribution in [0.25, 0.3) is 0 Å². The van der Waals surface area contributed by atoms with Gasteiger partial charge in [-0.25, -0.2) is 0 Å². The van der Waals surface area contributed by atoms with Gasteiger partial charge in [0.15, 0.2) is 0 Å². The van der Waals surface area contributed by atoms with Crippen molar-refractivity contribution in [2.24, 2.45) is 28.6 Å². The Labute approximate surface area is 228 Å². The molecule has 3 aliphatic carbocycles. The summed E-state index contributed by atoms with van der Waals surface area (Å²) >= 11 is 0. The van der Waals surface area contributed by atoms with Gasteiger partial charge in [0.2, 0.25) is 0 Å². The zero-order chi connectivity index (χ0) is 26.5. The van der Waals surface area contributed by atoms with Crippen molar-refractivity contribution in [1.82, 2.24) is 0 Å². The molecule has 0 aromatic heterocycles. The van der Waals surface area contributed by atoms with Gasteiger partial charge < -0.3 is 10.2 Å². The van der Waals surface area contributed by atoms with Crippen LogP contribution >= 0.6 is 0 Å². The molecule has 1 aromatic rings. The number of fused-ring (bicyclic) bond motifs is 3. The Balaban J connectivity index is 1.17. The summed E-state index contributed by atoms with van der Waals surface area (Å²) in [6, 6.07) is 10.8. The van der Waals surface area contributed by atoms with Crippen molar-refractivity contribution in [2.75, 3.05) is 0 Å². The Kier molecular flexibility index (Phi) is 10.0. The van der Waals surface area contributed by atoms with Gasteiger partial charge >= 0.3 is 0 Å². The predicted octanol–water partition coefficient (Wildman–Crippen LogP) is 9.04. The Morgan fingerprint density at radius 2 is 1.54 bits per heavy atom. The zero-order valence-electron chi connectivity index (χ0n) is 24.5. The molecule has 6 atom stereocenters. The summed E-state index contributed by atoms with van der Waals surface area (Å²) in [7, 11) is 0. The van der Waals surface area contributed by atoms with Gasteiger partial charge in [-0.2, -0.15) is 0 Å². The predicted molar refractivity (Wildman–Crippen MR) is 156 cm³/mol. The average Bonchev–Trinajstić information content (AvgIpc) is 2.88. The number of aliphatic hydroxyl groups is 2. The third kappa shape index (κ3) is 6.73. The van der Waals surface area contributed by atoms with E-state index in [1.807, 2.05) is 0 Å². The van der Waals surface area contributed by atoms with Crippen LogP contribution in [0.2, 0.25) is 0 Å². The number of benzene rings is 1. The van der Waals surface area contributed by atoms with E-state index in [4.69, 9.17) is 0 Å². The molecule has 2 saturated carbocycles. The van der Waals surface area contributed by atoms with Gasteiger partial charge in [0, 0.05) is 0 Å². The number of aryl methyl sites for hydroxylation is 1. The van der Waals surface area contributed by atoms with Crippen LogP contribution in [0, 0.1) is 28.6 Å². The third-order valence-corrected chi connectivity index (χ3v) is 11.3. The first-order valence-electron chi connectivity index (χ1n) is 15.8. The summed E-state index contributed by atoms with van der Waals surface area (Å²) in [4.78, 5) is 0. The Bertz CT molecular complexity index is 871. The molecule has 2 nitrogen and oxygen atoms in total. The second kappa shape index (κ2) is 12.8. The second-order valence-corrected chi connectivity index (χ2v) is 13.9. The van der Waals surface area contributed by atoms with Crippen LogP contribution in [0.4, 0.5) is 0 Å². The molecule has 37 heavy (non-hydrogen) atoms. The molecule has 0 bridgehead atoms. The monoisotopic (exact) mass is 508 g/mol. The van der Waals surface area contributed by atoms with Gasteiger partial charge in [0.05, 0.1) is 12.2 Å². The Hall–Kier alpha value is -1.12. The van der Waals surface area contributed by atoms with E-state index in [0.717, 1.165) is 31.6 Å². The van der Waals surface area contributed by atoms with E-state index >= 15 is 0 Å². The van der Waals surface area contributed by atoms with Crippen LogP contribution in [0.1, 0.15) is 130 Å². The summed E-state index contributed by atoms with van der Waals surface area (Å²) in [5.74, 6) is 2.11.